The van der Waals surface area contributed by atoms with E-state index in [1.807, 2.05) is 0 Å². The molecule has 10 aromatic carbocycles. The Balaban J connectivity index is 0.979. The van der Waals surface area contributed by atoms with E-state index in [-0.39, 0.29) is 0 Å². The van der Waals surface area contributed by atoms with Gasteiger partial charge in [-0.3, -0.25) is 0 Å². The standard InChI is InChI=1S/C54H34N2O/c1-3-14-42-36(11-1)13-9-19-43(42)37-25-30-41(31-26-37)55(51-33-39-12-2-4-15-44(39)45-16-5-6-17-46(45)51)40-28-23-35(24-29-40)38-27-32-50-53(34-38)57-52-22-10-20-48-47-18-7-8-21-49(47)56(50)54(48)52/h1-34H. The van der Waals surface area contributed by atoms with Crippen LogP contribution in [0.15, 0.2) is 206 Å². The van der Waals surface area contributed by atoms with Gasteiger partial charge in [-0.05, 0) is 104 Å². The highest BCUT2D eigenvalue weighted by molar-refractivity contribution is 6.15. The van der Waals surface area contributed by atoms with Crippen molar-refractivity contribution < 1.29 is 4.74 Å². The van der Waals surface area contributed by atoms with Gasteiger partial charge in [0.25, 0.3) is 0 Å². The summed E-state index contributed by atoms with van der Waals surface area (Å²) in [5.74, 6) is 1.74. The predicted octanol–water partition coefficient (Wildman–Crippen LogP) is 15.2. The molecule has 0 spiro atoms. The second-order valence-corrected chi connectivity index (χ2v) is 14.9. The molecule has 3 nitrogen and oxygen atoms in total. The molecule has 266 valence electrons. The van der Waals surface area contributed by atoms with Crippen molar-refractivity contribution in [2.24, 2.45) is 0 Å². The van der Waals surface area contributed by atoms with Crippen LogP contribution in [0.2, 0.25) is 0 Å². The number of rotatable bonds is 5. The van der Waals surface area contributed by atoms with Crippen molar-refractivity contribution >= 4 is 71.2 Å². The lowest BCUT2D eigenvalue weighted by Gasteiger charge is -2.28. The minimum atomic E-state index is 0.855. The van der Waals surface area contributed by atoms with Gasteiger partial charge in [-0.1, -0.05) is 152 Å². The van der Waals surface area contributed by atoms with Crippen LogP contribution in [0.5, 0.6) is 11.5 Å². The van der Waals surface area contributed by atoms with Crippen molar-refractivity contribution in [2.75, 3.05) is 4.90 Å². The number of fused-ring (bicyclic) bond motifs is 9. The van der Waals surface area contributed by atoms with E-state index in [9.17, 15) is 0 Å². The normalized spacial score (nSPS) is 12.0. The molecule has 0 saturated heterocycles. The zero-order valence-electron chi connectivity index (χ0n) is 30.9. The van der Waals surface area contributed by atoms with E-state index in [0.29, 0.717) is 0 Å². The van der Waals surface area contributed by atoms with E-state index in [0.717, 1.165) is 50.9 Å². The van der Waals surface area contributed by atoms with Crippen molar-refractivity contribution in [1.29, 1.82) is 0 Å². The van der Waals surface area contributed by atoms with Crippen LogP contribution < -0.4 is 9.64 Å². The molecule has 1 aliphatic heterocycles. The van der Waals surface area contributed by atoms with Crippen molar-refractivity contribution in [3.8, 4) is 39.4 Å². The number of hydrogen-bond acceptors (Lipinski definition) is 2. The summed E-state index contributed by atoms with van der Waals surface area (Å²) in [6, 6.07) is 74.5. The summed E-state index contributed by atoms with van der Waals surface area (Å²) in [5, 5.41) is 9.85. The number of nitrogens with zero attached hydrogens (tertiary/aromatic N) is 2. The van der Waals surface area contributed by atoms with E-state index in [1.54, 1.807) is 0 Å². The van der Waals surface area contributed by atoms with E-state index in [2.05, 4.69) is 216 Å². The molecule has 2 heterocycles. The third-order valence-electron chi connectivity index (χ3n) is 11.8. The minimum absolute atomic E-state index is 0.855. The molecule has 0 atom stereocenters. The highest BCUT2D eigenvalue weighted by Crippen LogP contribution is 2.47. The lowest BCUT2D eigenvalue weighted by Crippen LogP contribution is -2.10. The summed E-state index contributed by atoms with van der Waals surface area (Å²) in [6.07, 6.45) is 0. The maximum Gasteiger partial charge on any atom is 0.152 e. The highest BCUT2D eigenvalue weighted by atomic mass is 16.5. The van der Waals surface area contributed by atoms with Crippen LogP contribution in [0, 0.1) is 0 Å². The first-order valence-electron chi connectivity index (χ1n) is 19.5. The summed E-state index contributed by atoms with van der Waals surface area (Å²) in [7, 11) is 0. The van der Waals surface area contributed by atoms with E-state index in [1.165, 1.54) is 59.7 Å². The van der Waals surface area contributed by atoms with Crippen molar-refractivity contribution in [3.63, 3.8) is 0 Å². The first kappa shape index (κ1) is 31.7. The van der Waals surface area contributed by atoms with E-state index in [4.69, 9.17) is 4.74 Å². The van der Waals surface area contributed by atoms with Gasteiger partial charge in [-0.15, -0.1) is 0 Å². The largest absolute Gasteiger partial charge is 0.453 e. The molecule has 0 aliphatic carbocycles. The van der Waals surface area contributed by atoms with E-state index < -0.39 is 0 Å². The topological polar surface area (TPSA) is 17.4 Å². The Labute approximate surface area is 329 Å². The van der Waals surface area contributed by atoms with Gasteiger partial charge in [0, 0.05) is 27.5 Å². The van der Waals surface area contributed by atoms with Crippen LogP contribution in [-0.4, -0.2) is 4.57 Å². The Morgan fingerprint density at radius 2 is 0.965 bits per heavy atom. The molecule has 11 aromatic rings. The third kappa shape index (κ3) is 4.92. The Kier molecular flexibility index (Phi) is 6.93. The number of aromatic nitrogens is 1. The van der Waals surface area contributed by atoms with Crippen molar-refractivity contribution in [2.45, 2.75) is 0 Å². The Morgan fingerprint density at radius 3 is 1.77 bits per heavy atom. The smallest absolute Gasteiger partial charge is 0.152 e. The van der Waals surface area contributed by atoms with Gasteiger partial charge < -0.3 is 14.2 Å². The summed E-state index contributed by atoms with van der Waals surface area (Å²) in [4.78, 5) is 2.40. The third-order valence-corrected chi connectivity index (χ3v) is 11.8. The summed E-state index contributed by atoms with van der Waals surface area (Å²) >= 11 is 0. The molecule has 0 saturated carbocycles. The van der Waals surface area contributed by atoms with Gasteiger partial charge in [0.15, 0.2) is 11.5 Å². The maximum atomic E-state index is 6.63. The fraction of sp³-hybridized carbons (Fsp3) is 0. The van der Waals surface area contributed by atoms with Crippen LogP contribution in [0.4, 0.5) is 17.1 Å². The lowest BCUT2D eigenvalue weighted by atomic mass is 9.97. The fourth-order valence-electron chi connectivity index (χ4n) is 9.12. The van der Waals surface area contributed by atoms with Crippen LogP contribution in [-0.2, 0) is 0 Å². The van der Waals surface area contributed by atoms with Gasteiger partial charge in [0.2, 0.25) is 0 Å². The zero-order valence-corrected chi connectivity index (χ0v) is 30.9. The molecule has 0 unspecified atom stereocenters. The molecule has 3 heteroatoms. The molecule has 12 rings (SSSR count). The second kappa shape index (κ2) is 12.5. The molecular weight excluding hydrogens is 693 g/mol. The summed E-state index contributed by atoms with van der Waals surface area (Å²) in [5.41, 5.74) is 11.3. The average molecular weight is 727 g/mol. The molecule has 0 fully saturated rings. The van der Waals surface area contributed by atoms with Crippen LogP contribution in [0.1, 0.15) is 0 Å². The number of anilines is 3. The number of hydrogen-bond donors (Lipinski definition) is 0. The van der Waals surface area contributed by atoms with Crippen molar-refractivity contribution in [1.82, 2.24) is 4.57 Å². The number of para-hydroxylation sites is 2. The molecule has 0 N–H and O–H groups in total. The van der Waals surface area contributed by atoms with Gasteiger partial charge in [-0.2, -0.15) is 0 Å². The lowest BCUT2D eigenvalue weighted by molar-refractivity contribution is 0.476. The van der Waals surface area contributed by atoms with E-state index >= 15 is 0 Å². The zero-order chi connectivity index (χ0) is 37.5. The fourth-order valence-corrected chi connectivity index (χ4v) is 9.12. The summed E-state index contributed by atoms with van der Waals surface area (Å²) in [6.45, 7) is 0. The molecule has 1 aromatic heterocycles. The number of benzene rings is 10. The number of ether oxygens (including phenoxy) is 1. The Hall–Kier alpha value is -7.62. The van der Waals surface area contributed by atoms with Gasteiger partial charge >= 0.3 is 0 Å². The average Bonchev–Trinajstić information content (AvgIpc) is 3.62. The van der Waals surface area contributed by atoms with Gasteiger partial charge in [0.05, 0.1) is 22.4 Å². The Morgan fingerprint density at radius 1 is 0.368 bits per heavy atom. The molecule has 0 bridgehead atoms. The van der Waals surface area contributed by atoms with Crippen LogP contribution in [0.25, 0.3) is 82.1 Å². The SMILES string of the molecule is c1ccc2c(-c3ccc(N(c4ccc(-c5ccc6c(c5)Oc5cccc7c8ccccc8n-6c57)cc4)c4cc5ccccc5c5ccccc45)cc3)cccc2c1. The maximum absolute atomic E-state index is 6.63. The van der Waals surface area contributed by atoms with Crippen molar-refractivity contribution in [3.05, 3.63) is 206 Å². The van der Waals surface area contributed by atoms with Crippen LogP contribution >= 0.6 is 0 Å². The summed E-state index contributed by atoms with van der Waals surface area (Å²) < 4.78 is 8.98. The predicted molar refractivity (Wildman–Crippen MR) is 239 cm³/mol. The molecular formula is C54H34N2O. The highest BCUT2D eigenvalue weighted by Gasteiger charge is 2.24. The first-order valence-corrected chi connectivity index (χ1v) is 19.5. The monoisotopic (exact) mass is 726 g/mol. The minimum Gasteiger partial charge on any atom is -0.453 e. The Bertz CT molecular complexity index is 3370. The molecule has 57 heavy (non-hydrogen) atoms. The quantitative estimate of drug-likeness (QED) is 0.164. The van der Waals surface area contributed by atoms with Gasteiger partial charge in [0.1, 0.15) is 0 Å². The molecule has 0 amide bonds. The molecule has 1 aliphatic rings. The first-order chi connectivity index (χ1) is 28.3. The second-order valence-electron chi connectivity index (χ2n) is 14.9. The molecule has 0 radical (unpaired) electrons. The van der Waals surface area contributed by atoms with Gasteiger partial charge in [-0.25, -0.2) is 0 Å². The van der Waals surface area contributed by atoms with Crippen LogP contribution in [0.3, 0.4) is 0 Å².